The van der Waals surface area contributed by atoms with Crippen molar-refractivity contribution < 1.29 is 53.8 Å². The molecule has 232 valence electrons. The van der Waals surface area contributed by atoms with Gasteiger partial charge in [0, 0.05) is 36.0 Å². The van der Waals surface area contributed by atoms with Gasteiger partial charge < -0.3 is 34.6 Å². The van der Waals surface area contributed by atoms with Gasteiger partial charge in [-0.1, -0.05) is 24.9 Å². The normalized spacial score (nSPS) is 27.8. The standard InChI is InChI=1S/C29H31NO11S.ClH/c1-11(31)10-39-17-6-4-5-14-20(17)27(36)23-22(25(14)34)26(35)15-8-29(38,13(3)32)9-18(21(15)28(23)37)41-19-7-16(30-42)24(33)12(2)40-19;/h4-6,12,16,18-19,24,30,33,35,37-38,42H,7-10H2,1-3H3;1H/t12?,16?,18-,19?,24?,29-;/m0./s1. The van der Waals surface area contributed by atoms with Gasteiger partial charge in [-0.15, -0.1) is 12.4 Å². The Labute approximate surface area is 258 Å². The number of aromatic hydroxyl groups is 2. The minimum absolute atomic E-state index is 0. The number of ketones is 4. The first-order chi connectivity index (χ1) is 19.8. The van der Waals surface area contributed by atoms with Gasteiger partial charge in [-0.05, 0) is 26.8 Å². The molecule has 2 aromatic carbocycles. The van der Waals surface area contributed by atoms with Gasteiger partial charge in [0.25, 0.3) is 0 Å². The fourth-order valence-electron chi connectivity index (χ4n) is 5.88. The van der Waals surface area contributed by atoms with E-state index < -0.39 is 82.6 Å². The summed E-state index contributed by atoms with van der Waals surface area (Å²) >= 11 is 4.05. The third kappa shape index (κ3) is 5.55. The Morgan fingerprint density at radius 1 is 1.12 bits per heavy atom. The molecule has 3 aliphatic rings. The number of fused-ring (bicyclic) bond motifs is 3. The van der Waals surface area contributed by atoms with Crippen LogP contribution in [0.1, 0.15) is 82.7 Å². The molecule has 1 saturated heterocycles. The van der Waals surface area contributed by atoms with Crippen LogP contribution in [0.3, 0.4) is 0 Å². The molecule has 0 spiro atoms. The summed E-state index contributed by atoms with van der Waals surface area (Å²) < 4.78 is 20.1. The molecule has 4 unspecified atom stereocenters. The molecule has 1 fully saturated rings. The summed E-state index contributed by atoms with van der Waals surface area (Å²) in [5, 5.41) is 44.7. The summed E-state index contributed by atoms with van der Waals surface area (Å²) in [5.41, 5.74) is -3.51. The fraction of sp³-hybridized carbons (Fsp3) is 0.448. The fourth-order valence-corrected chi connectivity index (χ4v) is 6.14. The molecule has 1 aliphatic heterocycles. The molecule has 0 saturated carbocycles. The lowest BCUT2D eigenvalue weighted by molar-refractivity contribution is -0.248. The Bertz CT molecular complexity index is 1510. The van der Waals surface area contributed by atoms with Gasteiger partial charge in [0.05, 0.1) is 41.0 Å². The number of rotatable bonds is 7. The Kier molecular flexibility index (Phi) is 9.29. The third-order valence-corrected chi connectivity index (χ3v) is 8.46. The number of aliphatic hydroxyl groups excluding tert-OH is 1. The number of hydrogen-bond donors (Lipinski definition) is 6. The van der Waals surface area contributed by atoms with Crippen molar-refractivity contribution >= 4 is 48.4 Å². The van der Waals surface area contributed by atoms with Crippen molar-refractivity contribution in [2.75, 3.05) is 6.61 Å². The number of thiol groups is 1. The summed E-state index contributed by atoms with van der Waals surface area (Å²) in [6, 6.07) is 3.67. The molecule has 6 atom stereocenters. The molecule has 0 bridgehead atoms. The third-order valence-electron chi connectivity index (χ3n) is 8.13. The smallest absolute Gasteiger partial charge is 0.202 e. The van der Waals surface area contributed by atoms with Crippen molar-refractivity contribution in [2.24, 2.45) is 0 Å². The van der Waals surface area contributed by atoms with E-state index in [9.17, 15) is 39.6 Å². The van der Waals surface area contributed by atoms with Crippen LogP contribution in [-0.2, 0) is 25.5 Å². The molecule has 12 nitrogen and oxygen atoms in total. The molecule has 0 amide bonds. The van der Waals surface area contributed by atoms with Crippen LogP contribution in [0, 0.1) is 0 Å². The molecule has 14 heteroatoms. The first kappa shape index (κ1) is 32.9. The van der Waals surface area contributed by atoms with Crippen LogP contribution >= 0.6 is 25.2 Å². The molecule has 1 heterocycles. The molecule has 43 heavy (non-hydrogen) atoms. The van der Waals surface area contributed by atoms with Crippen LogP contribution in [0.5, 0.6) is 17.2 Å². The second kappa shape index (κ2) is 12.2. The predicted octanol–water partition coefficient (Wildman–Crippen LogP) is 1.89. The van der Waals surface area contributed by atoms with Gasteiger partial charge in [0.1, 0.15) is 29.5 Å². The lowest BCUT2D eigenvalue weighted by Crippen LogP contribution is -2.52. The maximum absolute atomic E-state index is 13.9. The molecular formula is C29H32ClNO11S. The Balaban J connectivity index is 0.00000423. The van der Waals surface area contributed by atoms with E-state index in [1.54, 1.807) is 6.92 Å². The highest BCUT2D eigenvalue weighted by Crippen LogP contribution is 2.52. The molecular weight excluding hydrogens is 606 g/mol. The topological polar surface area (TPSA) is 189 Å². The number of phenols is 2. The van der Waals surface area contributed by atoms with E-state index in [-0.39, 0.29) is 65.6 Å². The summed E-state index contributed by atoms with van der Waals surface area (Å²) in [7, 11) is 0. The molecule has 2 aromatic rings. The van der Waals surface area contributed by atoms with E-state index in [2.05, 4.69) is 17.5 Å². The molecule has 2 aliphatic carbocycles. The van der Waals surface area contributed by atoms with E-state index in [0.29, 0.717) is 0 Å². The van der Waals surface area contributed by atoms with Crippen molar-refractivity contribution in [1.29, 1.82) is 0 Å². The van der Waals surface area contributed by atoms with Crippen molar-refractivity contribution in [3.63, 3.8) is 0 Å². The number of nitrogens with one attached hydrogen (secondary N) is 1. The van der Waals surface area contributed by atoms with Gasteiger partial charge in [-0.2, -0.15) is 0 Å². The number of carbonyl (C=O) groups is 4. The summed E-state index contributed by atoms with van der Waals surface area (Å²) in [5.74, 6) is -3.96. The zero-order chi connectivity index (χ0) is 30.7. The monoisotopic (exact) mass is 637 g/mol. The molecule has 0 radical (unpaired) electrons. The number of halogens is 1. The van der Waals surface area contributed by atoms with E-state index in [4.69, 9.17) is 14.2 Å². The number of aliphatic hydroxyl groups is 2. The number of phenolic OH excluding ortho intramolecular Hbond substituents is 2. The number of benzene rings is 2. The van der Waals surface area contributed by atoms with Crippen LogP contribution in [-0.4, -0.2) is 80.3 Å². The lowest BCUT2D eigenvalue weighted by atomic mass is 9.72. The zero-order valence-electron chi connectivity index (χ0n) is 23.4. The highest BCUT2D eigenvalue weighted by molar-refractivity contribution is 7.78. The Morgan fingerprint density at radius 3 is 2.42 bits per heavy atom. The first-order valence-electron chi connectivity index (χ1n) is 13.4. The van der Waals surface area contributed by atoms with Gasteiger partial charge in [-0.25, -0.2) is 0 Å². The number of ether oxygens (including phenoxy) is 3. The van der Waals surface area contributed by atoms with Crippen molar-refractivity contribution in [2.45, 2.75) is 76.3 Å². The van der Waals surface area contributed by atoms with Gasteiger partial charge >= 0.3 is 0 Å². The summed E-state index contributed by atoms with van der Waals surface area (Å²) in [6.45, 7) is 3.72. The maximum Gasteiger partial charge on any atom is 0.202 e. The minimum atomic E-state index is -2.04. The maximum atomic E-state index is 13.9. The highest BCUT2D eigenvalue weighted by Gasteiger charge is 2.49. The van der Waals surface area contributed by atoms with E-state index in [1.807, 2.05) is 0 Å². The van der Waals surface area contributed by atoms with E-state index in [0.717, 1.165) is 0 Å². The lowest BCUT2D eigenvalue weighted by Gasteiger charge is -2.42. The Morgan fingerprint density at radius 2 is 1.79 bits per heavy atom. The SMILES string of the molecule is CC(=O)COc1cccc2c1C(=O)c1c(O)c3c(c(O)c1C2=O)C[C@@](O)(C(C)=O)C[C@@H]3OC1CC(NS)C(O)C(C)O1.Cl. The average molecular weight is 638 g/mol. The average Bonchev–Trinajstić information content (AvgIpc) is 2.93. The number of Topliss-reactive ketones (excluding diaryl/α,β-unsaturated/α-hetero) is 2. The second-order valence-electron chi connectivity index (χ2n) is 11.0. The van der Waals surface area contributed by atoms with Crippen molar-refractivity contribution in [1.82, 2.24) is 4.72 Å². The van der Waals surface area contributed by atoms with Gasteiger partial charge in [-0.3, -0.25) is 23.9 Å². The molecule has 5 rings (SSSR count). The van der Waals surface area contributed by atoms with Crippen LogP contribution in [0.15, 0.2) is 18.2 Å². The highest BCUT2D eigenvalue weighted by atomic mass is 35.5. The largest absolute Gasteiger partial charge is 0.507 e. The van der Waals surface area contributed by atoms with Crippen molar-refractivity contribution in [3.05, 3.63) is 51.6 Å². The zero-order valence-corrected chi connectivity index (χ0v) is 25.2. The molecule has 5 N–H and O–H groups in total. The van der Waals surface area contributed by atoms with Crippen LogP contribution in [0.2, 0.25) is 0 Å². The molecule has 0 aromatic heterocycles. The first-order valence-corrected chi connectivity index (χ1v) is 13.8. The minimum Gasteiger partial charge on any atom is -0.507 e. The number of hydrogen-bond acceptors (Lipinski definition) is 13. The quantitative estimate of drug-likeness (QED) is 0.163. The van der Waals surface area contributed by atoms with Crippen LogP contribution in [0.4, 0.5) is 0 Å². The van der Waals surface area contributed by atoms with E-state index >= 15 is 0 Å². The van der Waals surface area contributed by atoms with Crippen LogP contribution < -0.4 is 9.46 Å². The predicted molar refractivity (Wildman–Crippen MR) is 155 cm³/mol. The van der Waals surface area contributed by atoms with Gasteiger partial charge in [0.2, 0.25) is 5.78 Å². The Hall–Kier alpha value is -3.04. The number of carbonyl (C=O) groups excluding carboxylic acids is 4. The van der Waals surface area contributed by atoms with Crippen LogP contribution in [0.25, 0.3) is 0 Å². The summed E-state index contributed by atoms with van der Waals surface area (Å²) in [4.78, 5) is 51.6. The van der Waals surface area contributed by atoms with Gasteiger partial charge in [0.15, 0.2) is 23.6 Å². The second-order valence-corrected chi connectivity index (χ2v) is 11.3. The summed E-state index contributed by atoms with van der Waals surface area (Å²) in [6.07, 6.45) is -4.62. The van der Waals surface area contributed by atoms with Crippen molar-refractivity contribution in [3.8, 4) is 17.2 Å². The van der Waals surface area contributed by atoms with E-state index in [1.165, 1.54) is 32.0 Å².